The van der Waals surface area contributed by atoms with Gasteiger partial charge in [-0.3, -0.25) is 9.59 Å². The molecule has 0 radical (unpaired) electrons. The van der Waals surface area contributed by atoms with Gasteiger partial charge in [-0.15, -0.1) is 0 Å². The van der Waals surface area contributed by atoms with Gasteiger partial charge in [0.2, 0.25) is 0 Å². The van der Waals surface area contributed by atoms with Crippen LogP contribution in [-0.4, -0.2) is 35.0 Å². The number of benzene rings is 1. The number of amides is 1. The first-order valence-corrected chi connectivity index (χ1v) is 9.59. The summed E-state index contributed by atoms with van der Waals surface area (Å²) in [6.45, 7) is 5.36. The first-order chi connectivity index (χ1) is 13.5. The summed E-state index contributed by atoms with van der Waals surface area (Å²) in [6.07, 6.45) is 3.37. The predicted octanol–water partition coefficient (Wildman–Crippen LogP) is 3.56. The molecule has 6 nitrogen and oxygen atoms in total. The molecular formula is C22H24N2O4. The summed E-state index contributed by atoms with van der Waals surface area (Å²) in [7, 11) is 0. The van der Waals surface area contributed by atoms with E-state index in [1.807, 2.05) is 32.0 Å². The first-order valence-electron chi connectivity index (χ1n) is 9.59. The monoisotopic (exact) mass is 380 g/mol. The summed E-state index contributed by atoms with van der Waals surface area (Å²) in [5.41, 5.74) is 3.37. The Balaban J connectivity index is 1.68. The number of fused-ring (bicyclic) bond motifs is 1. The number of hydrogen-bond donors (Lipinski definition) is 1. The zero-order valence-electron chi connectivity index (χ0n) is 16.2. The summed E-state index contributed by atoms with van der Waals surface area (Å²) in [6, 6.07) is 9.29. The van der Waals surface area contributed by atoms with E-state index in [-0.39, 0.29) is 29.9 Å². The number of ether oxygens (including phenoxy) is 1. The fraction of sp³-hybridized carbons (Fsp3) is 0.364. The average Bonchev–Trinajstić information content (AvgIpc) is 3.35. The number of carbonyl (C=O) groups is 1. The Bertz CT molecular complexity index is 1050. The fourth-order valence-corrected chi connectivity index (χ4v) is 3.86. The van der Waals surface area contributed by atoms with Crippen LogP contribution in [0, 0.1) is 13.8 Å². The lowest BCUT2D eigenvalue weighted by Crippen LogP contribution is -2.38. The lowest BCUT2D eigenvalue weighted by atomic mass is 10.0. The van der Waals surface area contributed by atoms with Gasteiger partial charge in [0.1, 0.15) is 0 Å². The van der Waals surface area contributed by atoms with Gasteiger partial charge in [-0.1, -0.05) is 11.6 Å². The zero-order valence-corrected chi connectivity index (χ0v) is 16.2. The summed E-state index contributed by atoms with van der Waals surface area (Å²) >= 11 is 0. The quantitative estimate of drug-likeness (QED) is 0.734. The molecule has 0 spiro atoms. The molecule has 0 unspecified atom stereocenters. The average molecular weight is 380 g/mol. The Labute approximate surface area is 163 Å². The molecule has 0 saturated carbocycles. The van der Waals surface area contributed by atoms with Crippen molar-refractivity contribution in [2.75, 3.05) is 13.2 Å². The summed E-state index contributed by atoms with van der Waals surface area (Å²) in [5, 5.41) is 0.967. The molecule has 1 aromatic carbocycles. The molecule has 1 atom stereocenters. The van der Waals surface area contributed by atoms with Crippen molar-refractivity contribution in [1.29, 1.82) is 0 Å². The second kappa shape index (κ2) is 7.64. The molecule has 0 aliphatic carbocycles. The number of furan rings is 1. The van der Waals surface area contributed by atoms with Gasteiger partial charge in [0.25, 0.3) is 11.5 Å². The van der Waals surface area contributed by atoms with Crippen molar-refractivity contribution < 1.29 is 13.9 Å². The van der Waals surface area contributed by atoms with Crippen LogP contribution in [0.25, 0.3) is 10.9 Å². The van der Waals surface area contributed by atoms with E-state index in [9.17, 15) is 9.59 Å². The van der Waals surface area contributed by atoms with Crippen molar-refractivity contribution >= 4 is 16.8 Å². The zero-order chi connectivity index (χ0) is 19.7. The van der Waals surface area contributed by atoms with Gasteiger partial charge in [0.15, 0.2) is 5.76 Å². The number of nitrogens with one attached hydrogen (secondary N) is 1. The third-order valence-electron chi connectivity index (χ3n) is 5.20. The second-order valence-electron chi connectivity index (χ2n) is 7.47. The highest BCUT2D eigenvalue weighted by molar-refractivity contribution is 5.91. The highest BCUT2D eigenvalue weighted by atomic mass is 16.5. The van der Waals surface area contributed by atoms with Crippen LogP contribution in [0.15, 0.2) is 45.8 Å². The van der Waals surface area contributed by atoms with Crippen molar-refractivity contribution in [3.63, 3.8) is 0 Å². The Morgan fingerprint density at radius 2 is 2.14 bits per heavy atom. The first kappa shape index (κ1) is 18.5. The van der Waals surface area contributed by atoms with Gasteiger partial charge >= 0.3 is 0 Å². The van der Waals surface area contributed by atoms with Gasteiger partial charge in [0.05, 0.1) is 24.4 Å². The van der Waals surface area contributed by atoms with E-state index in [0.717, 1.165) is 34.9 Å². The third-order valence-corrected chi connectivity index (χ3v) is 5.20. The number of pyridine rings is 1. The molecular weight excluding hydrogens is 356 g/mol. The minimum Gasteiger partial charge on any atom is -0.459 e. The van der Waals surface area contributed by atoms with Crippen LogP contribution < -0.4 is 5.56 Å². The van der Waals surface area contributed by atoms with Crippen LogP contribution in [0.2, 0.25) is 0 Å². The van der Waals surface area contributed by atoms with Crippen LogP contribution in [0.3, 0.4) is 0 Å². The highest BCUT2D eigenvalue weighted by Crippen LogP contribution is 2.20. The molecule has 1 N–H and O–H groups in total. The second-order valence-corrected chi connectivity index (χ2v) is 7.47. The molecule has 1 fully saturated rings. The smallest absolute Gasteiger partial charge is 0.289 e. The number of aromatic amines is 1. The summed E-state index contributed by atoms with van der Waals surface area (Å²) < 4.78 is 11.0. The lowest BCUT2D eigenvalue weighted by Gasteiger charge is -2.24. The van der Waals surface area contributed by atoms with E-state index in [1.54, 1.807) is 17.0 Å². The fourth-order valence-electron chi connectivity index (χ4n) is 3.86. The maximum atomic E-state index is 12.9. The molecule has 3 aromatic rings. The molecule has 4 rings (SSSR count). The molecule has 3 heterocycles. The largest absolute Gasteiger partial charge is 0.459 e. The van der Waals surface area contributed by atoms with Crippen molar-refractivity contribution in [1.82, 2.24) is 9.88 Å². The van der Waals surface area contributed by atoms with E-state index in [4.69, 9.17) is 9.15 Å². The molecule has 1 aliphatic heterocycles. The normalized spacial score (nSPS) is 16.6. The van der Waals surface area contributed by atoms with Crippen molar-refractivity contribution in [2.24, 2.45) is 0 Å². The predicted molar refractivity (Wildman–Crippen MR) is 106 cm³/mol. The van der Waals surface area contributed by atoms with Crippen LogP contribution >= 0.6 is 0 Å². The molecule has 1 saturated heterocycles. The van der Waals surface area contributed by atoms with Crippen LogP contribution in [0.1, 0.15) is 40.1 Å². The number of nitrogens with zero attached hydrogens (tertiary/aromatic N) is 1. The van der Waals surface area contributed by atoms with Gasteiger partial charge in [0, 0.05) is 18.7 Å². The number of aryl methyl sites for hydroxylation is 2. The highest BCUT2D eigenvalue weighted by Gasteiger charge is 2.25. The number of carbonyl (C=O) groups excluding carboxylic acids is 1. The molecule has 0 bridgehead atoms. The van der Waals surface area contributed by atoms with E-state index >= 15 is 0 Å². The van der Waals surface area contributed by atoms with Gasteiger partial charge < -0.3 is 19.0 Å². The molecule has 6 heteroatoms. The number of rotatable bonds is 5. The van der Waals surface area contributed by atoms with E-state index in [0.29, 0.717) is 18.7 Å². The van der Waals surface area contributed by atoms with Crippen LogP contribution in [0.4, 0.5) is 0 Å². The van der Waals surface area contributed by atoms with Crippen molar-refractivity contribution in [3.8, 4) is 0 Å². The maximum absolute atomic E-state index is 12.9. The third kappa shape index (κ3) is 3.73. The maximum Gasteiger partial charge on any atom is 0.289 e. The van der Waals surface area contributed by atoms with E-state index in [1.165, 1.54) is 6.26 Å². The van der Waals surface area contributed by atoms with Crippen LogP contribution in [0.5, 0.6) is 0 Å². The Morgan fingerprint density at radius 3 is 2.86 bits per heavy atom. The lowest BCUT2D eigenvalue weighted by molar-refractivity contribution is 0.0483. The molecule has 28 heavy (non-hydrogen) atoms. The minimum atomic E-state index is -0.236. The SMILES string of the molecule is Cc1cc(C)c2[nH]c(=O)c(CN(C[C@H]3CCCO3)C(=O)c3ccco3)cc2c1. The van der Waals surface area contributed by atoms with Gasteiger partial charge in [-0.05, 0) is 61.9 Å². The molecule has 1 amide bonds. The Kier molecular flexibility index (Phi) is 5.05. The van der Waals surface area contributed by atoms with Crippen molar-refractivity contribution in [2.45, 2.75) is 39.3 Å². The molecule has 146 valence electrons. The number of hydrogen-bond acceptors (Lipinski definition) is 4. The van der Waals surface area contributed by atoms with E-state index in [2.05, 4.69) is 4.98 Å². The van der Waals surface area contributed by atoms with Gasteiger partial charge in [-0.2, -0.15) is 0 Å². The topological polar surface area (TPSA) is 75.5 Å². The van der Waals surface area contributed by atoms with E-state index < -0.39 is 0 Å². The Hall–Kier alpha value is -2.86. The standard InChI is InChI=1S/C22H24N2O4/c1-14-9-15(2)20-16(10-14)11-17(21(25)23-20)12-24(13-18-5-3-7-27-18)22(26)19-6-4-8-28-19/h4,6,8-11,18H,3,5,7,12-13H2,1-2H3,(H,23,25)/t18-/m1/s1. The van der Waals surface area contributed by atoms with Gasteiger partial charge in [-0.25, -0.2) is 0 Å². The Morgan fingerprint density at radius 1 is 1.29 bits per heavy atom. The molecule has 1 aliphatic rings. The van der Waals surface area contributed by atoms with Crippen molar-refractivity contribution in [3.05, 3.63) is 69.4 Å². The molecule has 2 aromatic heterocycles. The van der Waals surface area contributed by atoms with Crippen LogP contribution in [-0.2, 0) is 11.3 Å². The summed E-state index contributed by atoms with van der Waals surface area (Å²) in [5.74, 6) is 0.0299. The summed E-state index contributed by atoms with van der Waals surface area (Å²) in [4.78, 5) is 30.3. The number of H-pyrrole nitrogens is 1. The number of aromatic nitrogens is 1. The minimum absolute atomic E-state index is 0.0112.